The fraction of sp³-hybridized carbons (Fsp3) is 0.250. The number of fused-ring (bicyclic) bond motifs is 2. The van der Waals surface area contributed by atoms with E-state index in [9.17, 15) is 19.5 Å². The third-order valence-electron chi connectivity index (χ3n) is 4.35. The molecule has 1 atom stereocenters. The number of ether oxygens (including phenoxy) is 2. The van der Waals surface area contributed by atoms with E-state index in [-0.39, 0.29) is 53.5 Å². The number of phenolic OH excluding ortho intramolecular Hbond substituents is 1. The average Bonchev–Trinajstić information content (AvgIpc) is 3.14. The van der Waals surface area contributed by atoms with Crippen molar-refractivity contribution in [3.05, 3.63) is 36.1 Å². The van der Waals surface area contributed by atoms with Crippen LogP contribution in [0.15, 0.2) is 34.7 Å². The number of rotatable bonds is 7. The second-order valence-corrected chi connectivity index (χ2v) is 6.42. The number of nitrogens with two attached hydrogens (primary N) is 1. The molecule has 0 spiro atoms. The van der Waals surface area contributed by atoms with Gasteiger partial charge in [-0.15, -0.1) is 0 Å². The quantitative estimate of drug-likeness (QED) is 0.235. The number of phenols is 1. The summed E-state index contributed by atoms with van der Waals surface area (Å²) in [4.78, 5) is 34.5. The molecule has 0 bridgehead atoms. The average molecular weight is 401 g/mol. The van der Waals surface area contributed by atoms with E-state index in [1.165, 1.54) is 13.0 Å². The molecule has 0 aliphatic carbocycles. The number of carbonyl (C=O) groups is 3. The van der Waals surface area contributed by atoms with E-state index in [4.69, 9.17) is 24.7 Å². The first-order valence-electron chi connectivity index (χ1n) is 8.80. The number of Topliss-reactive ketones (excluding diaryl/α,β-unsaturated/α-hetero) is 1. The van der Waals surface area contributed by atoms with Gasteiger partial charge in [0.1, 0.15) is 6.04 Å². The predicted molar refractivity (Wildman–Crippen MR) is 102 cm³/mol. The summed E-state index contributed by atoms with van der Waals surface area (Å²) in [6.07, 6.45) is -0.635. The molecule has 0 radical (unpaired) electrons. The highest BCUT2D eigenvalue weighted by molar-refractivity contribution is 6.11. The van der Waals surface area contributed by atoms with Crippen LogP contribution in [0.2, 0.25) is 0 Å². The Balaban J connectivity index is 1.87. The summed E-state index contributed by atoms with van der Waals surface area (Å²) in [5, 5.41) is 20.3. The maximum atomic E-state index is 12.2. The fourth-order valence-electron chi connectivity index (χ4n) is 2.87. The zero-order valence-electron chi connectivity index (χ0n) is 15.5. The van der Waals surface area contributed by atoms with Gasteiger partial charge in [0, 0.05) is 17.7 Å². The van der Waals surface area contributed by atoms with Gasteiger partial charge in [-0.3, -0.25) is 9.59 Å². The van der Waals surface area contributed by atoms with Crippen LogP contribution in [0, 0.1) is 0 Å². The van der Waals surface area contributed by atoms with Crippen molar-refractivity contribution in [2.45, 2.75) is 25.8 Å². The summed E-state index contributed by atoms with van der Waals surface area (Å²) in [5.74, 6) is -1.57. The molecule has 4 N–H and O–H groups in total. The standard InChI is InChI=1S/C20H19NO8/c1-10(22)15-9-13-17(29-20(26)27-8-4-7-14(21)19(24)25)12-6-3-2-5-11(12)16(23)18(13)28-15/h2-3,5-6,9,14,23H,4,7-8,21H2,1H3,(H,24,25)/t14-/m0/s1. The van der Waals surface area contributed by atoms with Gasteiger partial charge in [-0.1, -0.05) is 24.3 Å². The minimum Gasteiger partial charge on any atom is -0.504 e. The van der Waals surface area contributed by atoms with Gasteiger partial charge in [-0.25, -0.2) is 4.79 Å². The normalized spacial score (nSPS) is 12.1. The highest BCUT2D eigenvalue weighted by Crippen LogP contribution is 2.43. The molecule has 0 saturated heterocycles. The highest BCUT2D eigenvalue weighted by Gasteiger charge is 2.22. The Kier molecular flexibility index (Phi) is 5.69. The van der Waals surface area contributed by atoms with E-state index < -0.39 is 18.2 Å². The van der Waals surface area contributed by atoms with Crippen LogP contribution in [-0.2, 0) is 9.53 Å². The number of carboxylic acid groups (broad SMARTS) is 1. The van der Waals surface area contributed by atoms with Gasteiger partial charge < -0.3 is 29.8 Å². The topological polar surface area (TPSA) is 149 Å². The Bertz CT molecular complexity index is 1100. The first-order chi connectivity index (χ1) is 13.8. The number of ketones is 1. The minimum absolute atomic E-state index is 0.00600. The smallest absolute Gasteiger partial charge is 0.504 e. The Labute approximate surface area is 164 Å². The molecule has 0 aliphatic rings. The molecule has 29 heavy (non-hydrogen) atoms. The van der Waals surface area contributed by atoms with E-state index in [2.05, 4.69) is 0 Å². The number of carboxylic acids is 1. The minimum atomic E-state index is -1.13. The number of hydrogen-bond acceptors (Lipinski definition) is 8. The zero-order valence-corrected chi connectivity index (χ0v) is 15.5. The Morgan fingerprint density at radius 2 is 1.86 bits per heavy atom. The third kappa shape index (κ3) is 4.14. The number of benzene rings is 2. The summed E-state index contributed by atoms with van der Waals surface area (Å²) >= 11 is 0. The molecular weight excluding hydrogens is 382 g/mol. The van der Waals surface area contributed by atoms with Gasteiger partial charge in [0.2, 0.25) is 0 Å². The van der Waals surface area contributed by atoms with Gasteiger partial charge in [0.05, 0.1) is 12.0 Å². The molecule has 1 aromatic heterocycles. The molecule has 0 amide bonds. The first-order valence-corrected chi connectivity index (χ1v) is 8.80. The number of carbonyl (C=O) groups excluding carboxylic acids is 2. The van der Waals surface area contributed by atoms with E-state index >= 15 is 0 Å². The summed E-state index contributed by atoms with van der Waals surface area (Å²) < 4.78 is 15.8. The second kappa shape index (κ2) is 8.19. The molecule has 9 nitrogen and oxygen atoms in total. The maximum absolute atomic E-state index is 12.2. The summed E-state index contributed by atoms with van der Waals surface area (Å²) in [6, 6.07) is 7.00. The van der Waals surface area contributed by atoms with Crippen LogP contribution >= 0.6 is 0 Å². The molecule has 152 valence electrons. The van der Waals surface area contributed by atoms with Crippen LogP contribution in [0.25, 0.3) is 21.7 Å². The summed E-state index contributed by atoms with van der Waals surface area (Å²) in [5.41, 5.74) is 5.41. The van der Waals surface area contributed by atoms with Crippen molar-refractivity contribution in [2.75, 3.05) is 6.61 Å². The van der Waals surface area contributed by atoms with Gasteiger partial charge in [0.25, 0.3) is 0 Å². The second-order valence-electron chi connectivity index (χ2n) is 6.42. The Hall–Kier alpha value is -3.59. The number of aromatic hydroxyl groups is 1. The van der Waals surface area contributed by atoms with E-state index in [0.29, 0.717) is 10.8 Å². The molecule has 0 unspecified atom stereocenters. The van der Waals surface area contributed by atoms with Crippen LogP contribution in [0.3, 0.4) is 0 Å². The van der Waals surface area contributed by atoms with Crippen molar-refractivity contribution in [1.29, 1.82) is 0 Å². The highest BCUT2D eigenvalue weighted by atomic mass is 16.7. The summed E-state index contributed by atoms with van der Waals surface area (Å²) in [6.45, 7) is 1.23. The van der Waals surface area contributed by atoms with Crippen molar-refractivity contribution < 1.29 is 38.5 Å². The van der Waals surface area contributed by atoms with Crippen molar-refractivity contribution in [3.63, 3.8) is 0 Å². The predicted octanol–water partition coefficient (Wildman–Crippen LogP) is 3.20. The van der Waals surface area contributed by atoms with Crippen LogP contribution in [-0.4, -0.2) is 40.8 Å². The van der Waals surface area contributed by atoms with E-state index in [0.717, 1.165) is 0 Å². The lowest BCUT2D eigenvalue weighted by Gasteiger charge is -2.11. The van der Waals surface area contributed by atoms with Gasteiger partial charge in [-0.05, 0) is 18.9 Å². The fourth-order valence-corrected chi connectivity index (χ4v) is 2.87. The Morgan fingerprint density at radius 1 is 1.17 bits per heavy atom. The van der Waals surface area contributed by atoms with Crippen molar-refractivity contribution in [3.8, 4) is 11.5 Å². The van der Waals surface area contributed by atoms with Crippen LogP contribution in [0.4, 0.5) is 4.79 Å². The lowest BCUT2D eigenvalue weighted by molar-refractivity contribution is -0.138. The number of hydrogen-bond donors (Lipinski definition) is 3. The van der Waals surface area contributed by atoms with Crippen molar-refractivity contribution in [2.24, 2.45) is 5.73 Å². The molecule has 0 fully saturated rings. The molecule has 3 rings (SSSR count). The Morgan fingerprint density at radius 3 is 2.52 bits per heavy atom. The monoisotopic (exact) mass is 401 g/mol. The first kappa shape index (κ1) is 20.2. The number of aliphatic carboxylic acids is 1. The lowest BCUT2D eigenvalue weighted by atomic mass is 10.1. The SMILES string of the molecule is CC(=O)c1cc2c(OC(=O)OCCC[C@H](N)C(=O)O)c3ccccc3c(O)c2o1. The molecule has 9 heteroatoms. The molecule has 3 aromatic rings. The molecular formula is C20H19NO8. The largest absolute Gasteiger partial charge is 0.513 e. The van der Waals surface area contributed by atoms with E-state index in [1.54, 1.807) is 24.3 Å². The number of furan rings is 1. The molecule has 0 saturated carbocycles. The maximum Gasteiger partial charge on any atom is 0.513 e. The van der Waals surface area contributed by atoms with Crippen molar-refractivity contribution >= 4 is 39.6 Å². The van der Waals surface area contributed by atoms with Crippen molar-refractivity contribution in [1.82, 2.24) is 0 Å². The van der Waals surface area contributed by atoms with Crippen LogP contribution < -0.4 is 10.5 Å². The molecule has 1 heterocycles. The van der Waals surface area contributed by atoms with Gasteiger partial charge in [-0.2, -0.15) is 0 Å². The van der Waals surface area contributed by atoms with Gasteiger partial charge >= 0.3 is 12.1 Å². The zero-order chi connectivity index (χ0) is 21.1. The third-order valence-corrected chi connectivity index (χ3v) is 4.35. The van der Waals surface area contributed by atoms with Crippen LogP contribution in [0.1, 0.15) is 30.3 Å². The van der Waals surface area contributed by atoms with Crippen LogP contribution in [0.5, 0.6) is 11.5 Å². The lowest BCUT2D eigenvalue weighted by Crippen LogP contribution is -2.30. The molecule has 2 aromatic carbocycles. The van der Waals surface area contributed by atoms with Gasteiger partial charge in [0.15, 0.2) is 28.6 Å². The summed E-state index contributed by atoms with van der Waals surface area (Å²) in [7, 11) is 0. The van der Waals surface area contributed by atoms with E-state index in [1.807, 2.05) is 0 Å². The molecule has 0 aliphatic heterocycles.